The van der Waals surface area contributed by atoms with Crippen LogP contribution in [-0.2, 0) is 0 Å². The van der Waals surface area contributed by atoms with Crippen molar-refractivity contribution in [3.05, 3.63) is 30.3 Å². The van der Waals surface area contributed by atoms with Crippen molar-refractivity contribution in [2.45, 2.75) is 75.5 Å². The minimum absolute atomic E-state index is 0.108. The maximum atomic E-state index is 9.75. The summed E-state index contributed by atoms with van der Waals surface area (Å²) in [6.07, 6.45) is 15.0. The minimum atomic E-state index is -6.00. The van der Waals surface area contributed by atoms with Gasteiger partial charge in [0, 0.05) is 0 Å². The predicted octanol–water partition coefficient (Wildman–Crippen LogP) is 6.76. The summed E-state index contributed by atoms with van der Waals surface area (Å²) in [6, 6.07) is 11.6. The highest BCUT2D eigenvalue weighted by molar-refractivity contribution is 7.67. The molecule has 0 heterocycles. The van der Waals surface area contributed by atoms with Gasteiger partial charge >= 0.3 is 7.25 Å². The van der Waals surface area contributed by atoms with Crippen LogP contribution in [0.3, 0.4) is 0 Å². The Balaban J connectivity index is 0.000000368. The lowest BCUT2D eigenvalue weighted by Crippen LogP contribution is -2.26. The molecule has 0 saturated heterocycles. The first-order chi connectivity index (χ1) is 11.4. The lowest BCUT2D eigenvalue weighted by Gasteiger charge is -2.38. The van der Waals surface area contributed by atoms with Crippen molar-refractivity contribution in [1.29, 1.82) is 0 Å². The molecule has 0 aliphatic heterocycles. The van der Waals surface area contributed by atoms with Gasteiger partial charge in [-0.05, 0) is 42.3 Å². The van der Waals surface area contributed by atoms with Crippen molar-refractivity contribution in [1.82, 2.24) is 0 Å². The second-order valence-electron chi connectivity index (χ2n) is 6.82. The molecule has 2 aliphatic carbocycles. The average molecular weight is 361 g/mol. The molecule has 0 amide bonds. The molecular formula is C18H27BF4P-. The van der Waals surface area contributed by atoms with Crippen LogP contribution in [0.4, 0.5) is 17.3 Å². The first kappa shape index (κ1) is 19.8. The monoisotopic (exact) mass is 361 g/mol. The zero-order valence-corrected chi connectivity index (χ0v) is 15.0. The van der Waals surface area contributed by atoms with Crippen LogP contribution in [0, 0.1) is 0 Å². The van der Waals surface area contributed by atoms with Gasteiger partial charge in [-0.25, -0.2) is 0 Å². The second kappa shape index (κ2) is 9.80. The molecule has 0 unspecified atom stereocenters. The van der Waals surface area contributed by atoms with Crippen LogP contribution in [0.25, 0.3) is 0 Å². The Morgan fingerprint density at radius 2 is 1.04 bits per heavy atom. The molecule has 0 spiro atoms. The molecule has 136 valence electrons. The molecule has 1 aromatic carbocycles. The van der Waals surface area contributed by atoms with E-state index in [1.54, 1.807) is 5.30 Å². The SMILES string of the molecule is F[B-](F)(F)F.c1ccc(P(C2CCCCC2)C2CCCCC2)cc1. The highest BCUT2D eigenvalue weighted by Crippen LogP contribution is 2.54. The van der Waals surface area contributed by atoms with E-state index in [0.717, 1.165) is 11.3 Å². The zero-order chi connectivity index (χ0) is 17.4. The Morgan fingerprint density at radius 3 is 1.42 bits per heavy atom. The van der Waals surface area contributed by atoms with Gasteiger partial charge in [0.25, 0.3) is 0 Å². The fourth-order valence-electron chi connectivity index (χ4n) is 4.04. The van der Waals surface area contributed by atoms with Crippen LogP contribution in [-0.4, -0.2) is 18.6 Å². The van der Waals surface area contributed by atoms with E-state index < -0.39 is 7.25 Å². The summed E-state index contributed by atoms with van der Waals surface area (Å²) in [5.41, 5.74) is 2.07. The van der Waals surface area contributed by atoms with Gasteiger partial charge in [0.05, 0.1) is 0 Å². The lowest BCUT2D eigenvalue weighted by molar-refractivity contribution is 0.368. The van der Waals surface area contributed by atoms with Crippen LogP contribution in [0.1, 0.15) is 64.2 Å². The number of benzene rings is 1. The number of rotatable bonds is 3. The third kappa shape index (κ3) is 7.13. The third-order valence-corrected chi connectivity index (χ3v) is 8.49. The van der Waals surface area contributed by atoms with Gasteiger partial charge in [0.2, 0.25) is 0 Å². The van der Waals surface area contributed by atoms with Crippen LogP contribution >= 0.6 is 7.92 Å². The normalized spacial score (nSPS) is 20.5. The zero-order valence-electron chi connectivity index (χ0n) is 14.1. The van der Waals surface area contributed by atoms with Gasteiger partial charge in [-0.2, -0.15) is 0 Å². The Morgan fingerprint density at radius 1 is 0.667 bits per heavy atom. The van der Waals surface area contributed by atoms with E-state index in [9.17, 15) is 17.3 Å². The standard InChI is InChI=1S/C18H27P.BF4/c1-4-10-16(11-5-1)19(17-12-6-2-7-13-17)18-14-8-3-9-15-18;2-1(3,4)5/h1,4-5,10-11,17-18H,2-3,6-9,12-15H2;/q;-1. The second-order valence-corrected chi connectivity index (χ2v) is 9.61. The fraction of sp³-hybridized carbons (Fsp3) is 0.667. The highest BCUT2D eigenvalue weighted by atomic mass is 31.1. The Hall–Kier alpha value is -0.565. The van der Waals surface area contributed by atoms with Crippen molar-refractivity contribution >= 4 is 20.5 Å². The van der Waals surface area contributed by atoms with Gasteiger partial charge in [-0.15, -0.1) is 0 Å². The average Bonchev–Trinajstić information content (AvgIpc) is 2.57. The van der Waals surface area contributed by atoms with Crippen molar-refractivity contribution < 1.29 is 17.3 Å². The van der Waals surface area contributed by atoms with Crippen molar-refractivity contribution in [3.63, 3.8) is 0 Å². The molecule has 0 aromatic heterocycles. The van der Waals surface area contributed by atoms with Crippen molar-refractivity contribution in [3.8, 4) is 0 Å². The maximum Gasteiger partial charge on any atom is 0.673 e. The van der Waals surface area contributed by atoms with Crippen molar-refractivity contribution in [2.75, 3.05) is 0 Å². The summed E-state index contributed by atoms with van der Waals surface area (Å²) < 4.78 is 39.0. The predicted molar refractivity (Wildman–Crippen MR) is 96.9 cm³/mol. The van der Waals surface area contributed by atoms with E-state index >= 15 is 0 Å². The summed E-state index contributed by atoms with van der Waals surface area (Å²) in [6.45, 7) is 0. The summed E-state index contributed by atoms with van der Waals surface area (Å²) >= 11 is 0. The molecule has 2 saturated carbocycles. The van der Waals surface area contributed by atoms with Gasteiger partial charge in [-0.3, -0.25) is 0 Å². The third-order valence-electron chi connectivity index (χ3n) is 4.99. The fourth-order valence-corrected chi connectivity index (χ4v) is 7.84. The Bertz CT molecular complexity index is 430. The highest BCUT2D eigenvalue weighted by Gasteiger charge is 2.31. The molecule has 24 heavy (non-hydrogen) atoms. The lowest BCUT2D eigenvalue weighted by atomic mass is 9.99. The van der Waals surface area contributed by atoms with Crippen LogP contribution in [0.2, 0.25) is 0 Å². The maximum absolute atomic E-state index is 9.75. The van der Waals surface area contributed by atoms with E-state index in [-0.39, 0.29) is 7.92 Å². The van der Waals surface area contributed by atoms with E-state index in [2.05, 4.69) is 30.3 Å². The quantitative estimate of drug-likeness (QED) is 0.317. The molecule has 0 radical (unpaired) electrons. The van der Waals surface area contributed by atoms with E-state index in [4.69, 9.17) is 0 Å². The van der Waals surface area contributed by atoms with Gasteiger partial charge in [0.1, 0.15) is 0 Å². The summed E-state index contributed by atoms with van der Waals surface area (Å²) in [5.74, 6) is 0. The first-order valence-electron chi connectivity index (χ1n) is 9.16. The molecule has 0 N–H and O–H groups in total. The number of hydrogen-bond acceptors (Lipinski definition) is 0. The molecule has 1 aromatic rings. The minimum Gasteiger partial charge on any atom is -0.418 e. The summed E-state index contributed by atoms with van der Waals surface area (Å²) in [5, 5.41) is 1.70. The van der Waals surface area contributed by atoms with E-state index in [1.165, 1.54) is 64.2 Å². The molecule has 2 aliphatic rings. The summed E-state index contributed by atoms with van der Waals surface area (Å²) in [4.78, 5) is 0. The Labute approximate surface area is 144 Å². The van der Waals surface area contributed by atoms with Gasteiger partial charge in [-0.1, -0.05) is 76.8 Å². The van der Waals surface area contributed by atoms with E-state index in [0.29, 0.717) is 0 Å². The molecule has 0 atom stereocenters. The number of halogens is 4. The first-order valence-corrected chi connectivity index (χ1v) is 10.6. The molecule has 3 rings (SSSR count). The molecule has 6 heteroatoms. The summed E-state index contributed by atoms with van der Waals surface area (Å²) in [7, 11) is -5.89. The van der Waals surface area contributed by atoms with Gasteiger partial charge in [0.15, 0.2) is 0 Å². The smallest absolute Gasteiger partial charge is 0.418 e. The molecule has 0 nitrogen and oxygen atoms in total. The largest absolute Gasteiger partial charge is 0.673 e. The topological polar surface area (TPSA) is 0 Å². The molecule has 2 fully saturated rings. The molecular weight excluding hydrogens is 334 g/mol. The van der Waals surface area contributed by atoms with Crippen LogP contribution in [0.15, 0.2) is 30.3 Å². The number of hydrogen-bond donors (Lipinski definition) is 0. The van der Waals surface area contributed by atoms with Crippen LogP contribution in [0.5, 0.6) is 0 Å². The molecule has 0 bridgehead atoms. The van der Waals surface area contributed by atoms with Gasteiger partial charge < -0.3 is 17.3 Å². The van der Waals surface area contributed by atoms with E-state index in [1.807, 2.05) is 0 Å². The Kier molecular flexibility index (Phi) is 8.07. The van der Waals surface area contributed by atoms with Crippen LogP contribution < -0.4 is 5.30 Å². The van der Waals surface area contributed by atoms with Crippen molar-refractivity contribution in [2.24, 2.45) is 0 Å².